The Kier molecular flexibility index (Phi) is 9.13. The maximum Gasteiger partial charge on any atom is 0.250 e. The molecular weight excluding hydrogens is 284 g/mol. The standard InChI is InChI=1S/C13H24N2O4.ClH/c16-13(12-9-14-5-8-19-12)15-4-2-6-17-10-11-3-1-7-18-11;/h11-12,14H,1-10H2,(H,15,16);1H. The highest BCUT2D eigenvalue weighted by atomic mass is 35.5. The van der Waals surface area contributed by atoms with E-state index in [1.807, 2.05) is 0 Å². The fraction of sp³-hybridized carbons (Fsp3) is 0.923. The van der Waals surface area contributed by atoms with Gasteiger partial charge in [-0.05, 0) is 19.3 Å². The van der Waals surface area contributed by atoms with Crippen LogP contribution >= 0.6 is 12.4 Å². The molecule has 2 unspecified atom stereocenters. The largest absolute Gasteiger partial charge is 0.379 e. The van der Waals surface area contributed by atoms with Gasteiger partial charge in [0.2, 0.25) is 5.91 Å². The van der Waals surface area contributed by atoms with E-state index in [4.69, 9.17) is 14.2 Å². The highest BCUT2D eigenvalue weighted by Gasteiger charge is 2.21. The summed E-state index contributed by atoms with van der Waals surface area (Å²) < 4.78 is 16.3. The normalized spacial score (nSPS) is 26.0. The molecule has 118 valence electrons. The molecule has 2 atom stereocenters. The fourth-order valence-electron chi connectivity index (χ4n) is 2.22. The highest BCUT2D eigenvalue weighted by molar-refractivity contribution is 5.85. The van der Waals surface area contributed by atoms with Gasteiger partial charge in [0.25, 0.3) is 0 Å². The summed E-state index contributed by atoms with van der Waals surface area (Å²) in [7, 11) is 0. The van der Waals surface area contributed by atoms with Crippen LogP contribution in [0.5, 0.6) is 0 Å². The molecule has 2 rings (SSSR count). The van der Waals surface area contributed by atoms with Crippen LogP contribution in [0, 0.1) is 0 Å². The molecule has 0 aliphatic carbocycles. The molecule has 0 radical (unpaired) electrons. The summed E-state index contributed by atoms with van der Waals surface area (Å²) in [5, 5.41) is 6.00. The highest BCUT2D eigenvalue weighted by Crippen LogP contribution is 2.11. The Morgan fingerprint density at radius 2 is 2.25 bits per heavy atom. The maximum absolute atomic E-state index is 11.7. The summed E-state index contributed by atoms with van der Waals surface area (Å²) >= 11 is 0. The molecule has 2 aliphatic rings. The van der Waals surface area contributed by atoms with Crippen molar-refractivity contribution in [2.45, 2.75) is 31.5 Å². The van der Waals surface area contributed by atoms with Gasteiger partial charge in [-0.15, -0.1) is 12.4 Å². The number of carbonyl (C=O) groups excluding carboxylic acids is 1. The first-order valence-electron chi connectivity index (χ1n) is 7.15. The van der Waals surface area contributed by atoms with Crippen molar-refractivity contribution < 1.29 is 19.0 Å². The zero-order valence-corrected chi connectivity index (χ0v) is 12.6. The quantitative estimate of drug-likeness (QED) is 0.653. The number of carbonyl (C=O) groups is 1. The van der Waals surface area contributed by atoms with E-state index >= 15 is 0 Å². The van der Waals surface area contributed by atoms with Crippen LogP contribution in [0.4, 0.5) is 0 Å². The van der Waals surface area contributed by atoms with E-state index in [-0.39, 0.29) is 30.5 Å². The average molecular weight is 309 g/mol. The zero-order chi connectivity index (χ0) is 13.3. The van der Waals surface area contributed by atoms with Gasteiger partial charge < -0.3 is 24.8 Å². The summed E-state index contributed by atoms with van der Waals surface area (Å²) in [6.45, 7) is 4.84. The summed E-state index contributed by atoms with van der Waals surface area (Å²) in [6.07, 6.45) is 2.98. The lowest BCUT2D eigenvalue weighted by Gasteiger charge is -2.22. The van der Waals surface area contributed by atoms with Gasteiger partial charge in [-0.1, -0.05) is 0 Å². The van der Waals surface area contributed by atoms with E-state index in [1.54, 1.807) is 0 Å². The molecule has 0 bridgehead atoms. The lowest BCUT2D eigenvalue weighted by atomic mass is 10.2. The maximum atomic E-state index is 11.7. The molecule has 6 nitrogen and oxygen atoms in total. The van der Waals surface area contributed by atoms with Gasteiger partial charge in [-0.3, -0.25) is 4.79 Å². The van der Waals surface area contributed by atoms with Crippen molar-refractivity contribution in [3.63, 3.8) is 0 Å². The minimum Gasteiger partial charge on any atom is -0.379 e. The van der Waals surface area contributed by atoms with Gasteiger partial charge in [-0.2, -0.15) is 0 Å². The molecule has 2 heterocycles. The summed E-state index contributed by atoms with van der Waals surface area (Å²) in [6, 6.07) is 0. The Hall–Kier alpha value is -0.400. The van der Waals surface area contributed by atoms with E-state index in [9.17, 15) is 4.79 Å². The van der Waals surface area contributed by atoms with Crippen molar-refractivity contribution in [3.8, 4) is 0 Å². The van der Waals surface area contributed by atoms with Crippen molar-refractivity contribution in [2.24, 2.45) is 0 Å². The van der Waals surface area contributed by atoms with E-state index in [2.05, 4.69) is 10.6 Å². The third kappa shape index (κ3) is 6.37. The zero-order valence-electron chi connectivity index (χ0n) is 11.8. The van der Waals surface area contributed by atoms with E-state index in [0.717, 1.165) is 32.4 Å². The first-order chi connectivity index (χ1) is 9.36. The van der Waals surface area contributed by atoms with E-state index < -0.39 is 0 Å². The Labute approximate surface area is 126 Å². The molecule has 0 spiro atoms. The van der Waals surface area contributed by atoms with Gasteiger partial charge in [0.05, 0.1) is 19.3 Å². The van der Waals surface area contributed by atoms with E-state index in [0.29, 0.717) is 32.9 Å². The number of halogens is 1. The molecule has 0 saturated carbocycles. The fourth-order valence-corrected chi connectivity index (χ4v) is 2.22. The minimum absolute atomic E-state index is 0. The first kappa shape index (κ1) is 17.7. The van der Waals surface area contributed by atoms with Crippen LogP contribution in [-0.4, -0.2) is 64.2 Å². The molecule has 20 heavy (non-hydrogen) atoms. The number of nitrogens with one attached hydrogen (secondary N) is 2. The predicted octanol–water partition coefficient (Wildman–Crippen LogP) is 0.0985. The smallest absolute Gasteiger partial charge is 0.250 e. The molecule has 0 aromatic heterocycles. The third-order valence-corrected chi connectivity index (χ3v) is 3.31. The third-order valence-electron chi connectivity index (χ3n) is 3.31. The second-order valence-electron chi connectivity index (χ2n) is 4.92. The van der Waals surface area contributed by atoms with Crippen LogP contribution in [0.25, 0.3) is 0 Å². The monoisotopic (exact) mass is 308 g/mol. The van der Waals surface area contributed by atoms with Crippen LogP contribution < -0.4 is 10.6 Å². The lowest BCUT2D eigenvalue weighted by molar-refractivity contribution is -0.134. The Morgan fingerprint density at radius 1 is 1.35 bits per heavy atom. The summed E-state index contributed by atoms with van der Waals surface area (Å²) in [5.74, 6) is -0.0358. The van der Waals surface area contributed by atoms with Gasteiger partial charge in [0, 0.05) is 32.8 Å². The van der Waals surface area contributed by atoms with Crippen LogP contribution in [0.1, 0.15) is 19.3 Å². The molecule has 2 aliphatic heterocycles. The molecule has 2 fully saturated rings. The number of hydrogen-bond acceptors (Lipinski definition) is 5. The van der Waals surface area contributed by atoms with Crippen LogP contribution in [0.2, 0.25) is 0 Å². The summed E-state index contributed by atoms with van der Waals surface area (Å²) in [4.78, 5) is 11.7. The number of hydrogen-bond donors (Lipinski definition) is 2. The topological polar surface area (TPSA) is 68.8 Å². The van der Waals surface area contributed by atoms with Gasteiger partial charge in [0.1, 0.15) is 6.10 Å². The molecule has 1 amide bonds. The number of morpholine rings is 1. The van der Waals surface area contributed by atoms with Gasteiger partial charge >= 0.3 is 0 Å². The number of amides is 1. The van der Waals surface area contributed by atoms with Crippen LogP contribution in [-0.2, 0) is 19.0 Å². The van der Waals surface area contributed by atoms with E-state index in [1.165, 1.54) is 0 Å². The van der Waals surface area contributed by atoms with Crippen molar-refractivity contribution in [1.82, 2.24) is 10.6 Å². The Bertz CT molecular complexity index is 269. The molecule has 2 N–H and O–H groups in total. The van der Waals surface area contributed by atoms with Gasteiger partial charge in [-0.25, -0.2) is 0 Å². The molecule has 2 saturated heterocycles. The van der Waals surface area contributed by atoms with Crippen molar-refractivity contribution in [3.05, 3.63) is 0 Å². The Morgan fingerprint density at radius 3 is 2.95 bits per heavy atom. The van der Waals surface area contributed by atoms with Crippen molar-refractivity contribution in [2.75, 3.05) is 46.1 Å². The molecular formula is C13H25ClN2O4. The van der Waals surface area contributed by atoms with Crippen molar-refractivity contribution >= 4 is 18.3 Å². The molecule has 0 aromatic carbocycles. The first-order valence-corrected chi connectivity index (χ1v) is 7.15. The second-order valence-corrected chi connectivity index (χ2v) is 4.92. The molecule has 7 heteroatoms. The predicted molar refractivity (Wildman–Crippen MR) is 77.3 cm³/mol. The number of ether oxygens (including phenoxy) is 3. The lowest BCUT2D eigenvalue weighted by Crippen LogP contribution is -2.48. The molecule has 0 aromatic rings. The van der Waals surface area contributed by atoms with Crippen LogP contribution in [0.15, 0.2) is 0 Å². The number of rotatable bonds is 7. The van der Waals surface area contributed by atoms with Crippen molar-refractivity contribution in [1.29, 1.82) is 0 Å². The minimum atomic E-state index is -0.346. The second kappa shape index (κ2) is 10.3. The SMILES string of the molecule is Cl.O=C(NCCCOCC1CCCO1)C1CNCCO1. The summed E-state index contributed by atoms with van der Waals surface area (Å²) in [5.41, 5.74) is 0. The average Bonchev–Trinajstić information content (AvgIpc) is 2.96. The van der Waals surface area contributed by atoms with Crippen LogP contribution in [0.3, 0.4) is 0 Å². The van der Waals surface area contributed by atoms with Gasteiger partial charge in [0.15, 0.2) is 0 Å². The Balaban J connectivity index is 0.00000200.